The predicted octanol–water partition coefficient (Wildman–Crippen LogP) is 4.12. The first-order valence-corrected chi connectivity index (χ1v) is 7.75. The van der Waals surface area contributed by atoms with Crippen LogP contribution in [-0.4, -0.2) is 19.1 Å². The Hall–Kier alpha value is -1.14. The second-order valence-corrected chi connectivity index (χ2v) is 6.06. The number of nitrogens with zero attached hydrogens (tertiary/aromatic N) is 2. The number of unbranched alkanes of at least 4 members (excludes halogenated alkanes) is 1. The van der Waals surface area contributed by atoms with Crippen LogP contribution in [0.1, 0.15) is 35.6 Å². The quantitative estimate of drug-likeness (QED) is 0.644. The van der Waals surface area contributed by atoms with Crippen LogP contribution in [0.5, 0.6) is 0 Å². The summed E-state index contributed by atoms with van der Waals surface area (Å²) in [6.07, 6.45) is 2.19. The van der Waals surface area contributed by atoms with Gasteiger partial charge in [0.1, 0.15) is 0 Å². The summed E-state index contributed by atoms with van der Waals surface area (Å²) >= 11 is 10.7. The Bertz CT molecular complexity index is 652. The summed E-state index contributed by atoms with van der Waals surface area (Å²) in [6, 6.07) is 0. The number of hydrogen-bond acceptors (Lipinski definition) is 2. The highest BCUT2D eigenvalue weighted by atomic mass is 32.1. The van der Waals surface area contributed by atoms with Crippen molar-refractivity contribution in [3.8, 4) is 0 Å². The first-order valence-electron chi connectivity index (χ1n) is 6.94. The molecule has 0 radical (unpaired) electrons. The molecule has 2 aromatic rings. The van der Waals surface area contributed by atoms with Crippen LogP contribution in [0.25, 0.3) is 0 Å². The van der Waals surface area contributed by atoms with Gasteiger partial charge in [0.2, 0.25) is 0 Å². The fourth-order valence-electron chi connectivity index (χ4n) is 2.42. The van der Waals surface area contributed by atoms with E-state index >= 15 is 0 Å². The first kappa shape index (κ1) is 15.3. The molecular formula is C14H22N4S2. The fraction of sp³-hybridized carbons (Fsp3) is 0.571. The van der Waals surface area contributed by atoms with E-state index in [1.165, 1.54) is 11.4 Å². The van der Waals surface area contributed by atoms with E-state index in [-0.39, 0.29) is 0 Å². The summed E-state index contributed by atoms with van der Waals surface area (Å²) in [5.74, 6) is 0. The van der Waals surface area contributed by atoms with Crippen molar-refractivity contribution in [2.24, 2.45) is 0 Å². The van der Waals surface area contributed by atoms with Crippen LogP contribution in [0.4, 0.5) is 0 Å². The van der Waals surface area contributed by atoms with Crippen molar-refractivity contribution in [1.82, 2.24) is 19.1 Å². The monoisotopic (exact) mass is 310 g/mol. The summed E-state index contributed by atoms with van der Waals surface area (Å²) < 4.78 is 6.01. The number of aromatic nitrogens is 4. The molecule has 0 aliphatic rings. The van der Waals surface area contributed by atoms with Crippen molar-refractivity contribution in [3.05, 3.63) is 32.3 Å². The van der Waals surface area contributed by atoms with E-state index in [2.05, 4.69) is 46.8 Å². The summed E-state index contributed by atoms with van der Waals surface area (Å²) in [4.78, 5) is 6.41. The zero-order valence-corrected chi connectivity index (χ0v) is 14.2. The van der Waals surface area contributed by atoms with Gasteiger partial charge in [-0.25, -0.2) is 0 Å². The normalized spacial score (nSPS) is 11.2. The zero-order valence-electron chi connectivity index (χ0n) is 12.5. The Morgan fingerprint density at radius 1 is 0.750 bits per heavy atom. The molecule has 0 spiro atoms. The second-order valence-electron chi connectivity index (χ2n) is 5.29. The molecule has 0 unspecified atom stereocenters. The molecule has 0 bridgehead atoms. The Balaban J connectivity index is 1.94. The Labute approximate surface area is 129 Å². The molecular weight excluding hydrogens is 288 g/mol. The van der Waals surface area contributed by atoms with Crippen molar-refractivity contribution in [2.45, 2.75) is 53.6 Å². The average Bonchev–Trinajstić information content (AvgIpc) is 2.76. The highest BCUT2D eigenvalue weighted by molar-refractivity contribution is 7.71. The molecule has 6 heteroatoms. The maximum Gasteiger partial charge on any atom is 0.177 e. The minimum absolute atomic E-state index is 0.824. The van der Waals surface area contributed by atoms with Gasteiger partial charge in [-0.2, -0.15) is 0 Å². The predicted molar refractivity (Wildman–Crippen MR) is 87.4 cm³/mol. The minimum atomic E-state index is 0.824. The molecule has 2 N–H and O–H groups in total. The lowest BCUT2D eigenvalue weighted by Crippen LogP contribution is -2.05. The van der Waals surface area contributed by atoms with Crippen LogP contribution in [-0.2, 0) is 13.1 Å². The Kier molecular flexibility index (Phi) is 4.65. The van der Waals surface area contributed by atoms with Crippen molar-refractivity contribution >= 4 is 24.4 Å². The molecule has 0 saturated carbocycles. The molecule has 110 valence electrons. The molecule has 0 aliphatic heterocycles. The van der Waals surface area contributed by atoms with E-state index in [0.717, 1.165) is 46.9 Å². The fourth-order valence-corrected chi connectivity index (χ4v) is 3.19. The summed E-state index contributed by atoms with van der Waals surface area (Å²) in [6.45, 7) is 10.3. The van der Waals surface area contributed by atoms with E-state index in [1.54, 1.807) is 0 Å². The van der Waals surface area contributed by atoms with Crippen LogP contribution in [0.2, 0.25) is 0 Å². The topological polar surface area (TPSA) is 41.4 Å². The molecule has 2 heterocycles. The lowest BCUT2D eigenvalue weighted by Gasteiger charge is -2.08. The number of H-pyrrole nitrogens is 2. The van der Waals surface area contributed by atoms with Gasteiger partial charge >= 0.3 is 0 Å². The van der Waals surface area contributed by atoms with E-state index < -0.39 is 0 Å². The Morgan fingerprint density at radius 3 is 1.35 bits per heavy atom. The minimum Gasteiger partial charge on any atom is -0.335 e. The van der Waals surface area contributed by atoms with Gasteiger partial charge in [-0.3, -0.25) is 0 Å². The summed E-state index contributed by atoms with van der Waals surface area (Å²) in [5, 5.41) is 0. The third-order valence-electron chi connectivity index (χ3n) is 3.99. The van der Waals surface area contributed by atoms with Crippen LogP contribution in [0.15, 0.2) is 0 Å². The van der Waals surface area contributed by atoms with E-state index in [4.69, 9.17) is 24.4 Å². The van der Waals surface area contributed by atoms with Gasteiger partial charge in [0.05, 0.1) is 0 Å². The van der Waals surface area contributed by atoms with Crippen molar-refractivity contribution in [3.63, 3.8) is 0 Å². The molecule has 0 atom stereocenters. The molecule has 2 aromatic heterocycles. The van der Waals surface area contributed by atoms with E-state index in [0.29, 0.717) is 0 Å². The van der Waals surface area contributed by atoms with Gasteiger partial charge in [0, 0.05) is 35.9 Å². The highest BCUT2D eigenvalue weighted by Gasteiger charge is 2.05. The maximum atomic E-state index is 5.33. The third kappa shape index (κ3) is 2.96. The van der Waals surface area contributed by atoms with Gasteiger partial charge in [-0.05, 0) is 65.0 Å². The maximum absolute atomic E-state index is 5.33. The van der Waals surface area contributed by atoms with E-state index in [1.807, 2.05) is 0 Å². The number of hydrogen-bond donors (Lipinski definition) is 2. The van der Waals surface area contributed by atoms with Gasteiger partial charge in [-0.15, -0.1) is 0 Å². The van der Waals surface area contributed by atoms with Crippen molar-refractivity contribution in [2.75, 3.05) is 0 Å². The lowest BCUT2D eigenvalue weighted by molar-refractivity contribution is 0.536. The standard InChI is InChI=1S/C14H22N4S2/c1-9-11(3)17(13(19)15-9)7-5-6-8-18-12(4)10(2)16-14(18)20/h5-8H2,1-4H3,(H,15,19)(H,16,20). The number of aryl methyl sites for hydroxylation is 2. The Morgan fingerprint density at radius 2 is 1.10 bits per heavy atom. The van der Waals surface area contributed by atoms with Gasteiger partial charge in [-0.1, -0.05) is 0 Å². The third-order valence-corrected chi connectivity index (χ3v) is 4.63. The number of imidazole rings is 2. The summed E-state index contributed by atoms with van der Waals surface area (Å²) in [7, 11) is 0. The van der Waals surface area contributed by atoms with Gasteiger partial charge in [0.25, 0.3) is 0 Å². The molecule has 0 amide bonds. The number of rotatable bonds is 5. The van der Waals surface area contributed by atoms with Crippen LogP contribution in [0.3, 0.4) is 0 Å². The molecule has 0 fully saturated rings. The smallest absolute Gasteiger partial charge is 0.177 e. The average molecular weight is 310 g/mol. The molecule has 4 nitrogen and oxygen atoms in total. The molecule has 0 saturated heterocycles. The lowest BCUT2D eigenvalue weighted by atomic mass is 10.3. The van der Waals surface area contributed by atoms with E-state index in [9.17, 15) is 0 Å². The van der Waals surface area contributed by atoms with Crippen LogP contribution >= 0.6 is 24.4 Å². The number of nitrogens with one attached hydrogen (secondary N) is 2. The van der Waals surface area contributed by atoms with Crippen LogP contribution in [0, 0.1) is 37.2 Å². The summed E-state index contributed by atoms with van der Waals surface area (Å²) in [5.41, 5.74) is 4.80. The first-order chi connectivity index (χ1) is 9.41. The van der Waals surface area contributed by atoms with Crippen molar-refractivity contribution in [1.29, 1.82) is 0 Å². The van der Waals surface area contributed by atoms with Crippen molar-refractivity contribution < 1.29 is 0 Å². The zero-order chi connectivity index (χ0) is 14.9. The van der Waals surface area contributed by atoms with Crippen LogP contribution < -0.4 is 0 Å². The molecule has 2 rings (SSSR count). The molecule has 0 aliphatic carbocycles. The van der Waals surface area contributed by atoms with Gasteiger partial charge < -0.3 is 19.1 Å². The molecule has 20 heavy (non-hydrogen) atoms. The highest BCUT2D eigenvalue weighted by Crippen LogP contribution is 2.11. The molecule has 0 aromatic carbocycles. The van der Waals surface area contributed by atoms with Gasteiger partial charge in [0.15, 0.2) is 9.54 Å². The second kappa shape index (κ2) is 6.10. The SMILES string of the molecule is Cc1[nH]c(=S)n(CCCCn2c(C)c(C)[nH]c2=S)c1C. The largest absolute Gasteiger partial charge is 0.335 e. The number of aromatic amines is 2.